The number of imidazole rings is 1. The van der Waals surface area contributed by atoms with Gasteiger partial charge in [-0.25, -0.2) is 9.13 Å². The highest BCUT2D eigenvalue weighted by molar-refractivity contribution is 5.82. The van der Waals surface area contributed by atoms with Crippen LogP contribution >= 0.6 is 0 Å². The summed E-state index contributed by atoms with van der Waals surface area (Å²) in [4.78, 5) is 9.86. The summed E-state index contributed by atoms with van der Waals surface area (Å²) < 4.78 is 8.83. The zero-order valence-corrected chi connectivity index (χ0v) is 17.1. The second-order valence-electron chi connectivity index (χ2n) is 7.12. The number of hydrogen-bond donors (Lipinski definition) is 0. The molecule has 2 heterocycles. The monoisotopic (exact) mass is 376 g/mol. The van der Waals surface area contributed by atoms with E-state index in [1.807, 2.05) is 0 Å². The van der Waals surface area contributed by atoms with Gasteiger partial charge < -0.3 is 14.3 Å². The Bertz CT molecular complexity index is 590. The lowest BCUT2D eigenvalue weighted by Gasteiger charge is -2.02. The molecule has 2 aromatic heterocycles. The van der Waals surface area contributed by atoms with E-state index in [0.717, 1.165) is 0 Å². The normalized spacial score (nSPS) is 10.4. The molecule has 27 heavy (non-hydrogen) atoms. The van der Waals surface area contributed by atoms with E-state index in [1.54, 1.807) is 0 Å². The summed E-state index contributed by atoms with van der Waals surface area (Å²) in [5.74, 6) is -1.42. The fourth-order valence-corrected chi connectivity index (χ4v) is 2.99. The second kappa shape index (κ2) is 15.1. The van der Waals surface area contributed by atoms with Crippen LogP contribution < -0.4 is 9.67 Å². The molecule has 0 aliphatic carbocycles. The van der Waals surface area contributed by atoms with Crippen molar-refractivity contribution in [2.75, 3.05) is 0 Å². The molecule has 0 fully saturated rings. The summed E-state index contributed by atoms with van der Waals surface area (Å²) >= 11 is 0. The summed E-state index contributed by atoms with van der Waals surface area (Å²) in [6, 6.07) is 2.82. The number of rotatable bonds is 13. The minimum absolute atomic E-state index is 0.134. The van der Waals surface area contributed by atoms with E-state index < -0.39 is 5.97 Å². The third-order valence-corrected chi connectivity index (χ3v) is 4.57. The molecule has 152 valence electrons. The second-order valence-corrected chi connectivity index (χ2v) is 7.12. The van der Waals surface area contributed by atoms with Crippen molar-refractivity contribution >= 4 is 5.97 Å². The zero-order chi connectivity index (χ0) is 19.7. The maximum Gasteiger partial charge on any atom is 0.243 e. The Hall–Kier alpha value is -2.04. The molecule has 5 heteroatoms. The van der Waals surface area contributed by atoms with Gasteiger partial charge in [0.1, 0.15) is 24.1 Å². The average molecular weight is 377 g/mol. The molecule has 2 aromatic rings. The maximum absolute atomic E-state index is 9.86. The predicted molar refractivity (Wildman–Crippen MR) is 105 cm³/mol. The van der Waals surface area contributed by atoms with Gasteiger partial charge in [-0.15, -0.1) is 0 Å². The smallest absolute Gasteiger partial charge is 0.243 e. The number of carboxylic acid groups (broad SMARTS) is 1. The Morgan fingerprint density at radius 3 is 2.04 bits per heavy atom. The van der Waals surface area contributed by atoms with Gasteiger partial charge in [0.25, 0.3) is 0 Å². The number of aromatic carboxylic acids is 1. The maximum atomic E-state index is 9.86. The minimum Gasteiger partial charge on any atom is -0.542 e. The summed E-state index contributed by atoms with van der Waals surface area (Å²) in [5.41, 5.74) is 0. The molecule has 0 aliphatic heterocycles. The average Bonchev–Trinajstić information content (AvgIpc) is 3.32. The van der Waals surface area contributed by atoms with Crippen LogP contribution in [0.1, 0.15) is 88.1 Å². The molecule has 0 bridgehead atoms. The lowest BCUT2D eigenvalue weighted by atomic mass is 10.1. The van der Waals surface area contributed by atoms with Crippen molar-refractivity contribution in [3.63, 3.8) is 0 Å². The van der Waals surface area contributed by atoms with Gasteiger partial charge in [0.05, 0.1) is 19.9 Å². The molecule has 0 N–H and O–H groups in total. The summed E-state index contributed by atoms with van der Waals surface area (Å²) in [6.45, 7) is 3.46. The van der Waals surface area contributed by atoms with Crippen molar-refractivity contribution in [1.29, 1.82) is 0 Å². The SMILES string of the molecule is CCCCCCCCCCCCCn1cc[n+](C)c1.O=C([O-])c1ccco1. The summed E-state index contributed by atoms with van der Waals surface area (Å²) in [6.07, 6.45) is 23.3. The van der Waals surface area contributed by atoms with Crippen molar-refractivity contribution in [3.8, 4) is 0 Å². The summed E-state index contributed by atoms with van der Waals surface area (Å²) in [7, 11) is 2.08. The molecular formula is C22H36N2O3. The Morgan fingerprint density at radius 2 is 1.63 bits per heavy atom. The van der Waals surface area contributed by atoms with Gasteiger partial charge in [-0.1, -0.05) is 64.7 Å². The number of carbonyl (C=O) groups is 1. The van der Waals surface area contributed by atoms with Crippen LogP contribution in [0.2, 0.25) is 0 Å². The van der Waals surface area contributed by atoms with E-state index in [0.29, 0.717) is 0 Å². The lowest BCUT2D eigenvalue weighted by Crippen LogP contribution is -2.23. The molecule has 2 rings (SSSR count). The quantitative estimate of drug-likeness (QED) is 0.387. The number of aryl methyl sites for hydroxylation is 2. The van der Waals surface area contributed by atoms with Crippen LogP contribution in [-0.2, 0) is 13.6 Å². The standard InChI is InChI=1S/C17H33N2.C5H4O3/c1-3-4-5-6-7-8-9-10-11-12-13-14-19-16-15-18(2)17-19;6-5(7)4-2-1-3-8-4/h15-17H,3-14H2,1-2H3;1-3H,(H,6,7)/q+1;/p-1. The molecule has 0 atom stereocenters. The number of nitrogens with zero attached hydrogens (tertiary/aromatic N) is 2. The number of unbranched alkanes of at least 4 members (excludes halogenated alkanes) is 10. The van der Waals surface area contributed by atoms with Crippen molar-refractivity contribution in [3.05, 3.63) is 42.9 Å². The van der Waals surface area contributed by atoms with Gasteiger partial charge >= 0.3 is 0 Å². The minimum atomic E-state index is -1.28. The van der Waals surface area contributed by atoms with Crippen LogP contribution in [0.15, 0.2) is 41.5 Å². The fourth-order valence-electron chi connectivity index (χ4n) is 2.99. The van der Waals surface area contributed by atoms with Crippen LogP contribution in [0, 0.1) is 0 Å². The highest BCUT2D eigenvalue weighted by atomic mass is 16.4. The number of furan rings is 1. The van der Waals surface area contributed by atoms with Crippen LogP contribution in [-0.4, -0.2) is 10.5 Å². The molecule has 5 nitrogen and oxygen atoms in total. The molecule has 0 unspecified atom stereocenters. The molecule has 0 spiro atoms. The first-order valence-corrected chi connectivity index (χ1v) is 10.4. The van der Waals surface area contributed by atoms with Crippen molar-refractivity contribution in [1.82, 2.24) is 4.57 Å². The first-order chi connectivity index (χ1) is 13.1. The largest absolute Gasteiger partial charge is 0.542 e. The Kier molecular flexibility index (Phi) is 12.8. The molecular weight excluding hydrogens is 340 g/mol. The topological polar surface area (TPSA) is 62.1 Å². The van der Waals surface area contributed by atoms with Gasteiger partial charge in [0.2, 0.25) is 6.33 Å². The van der Waals surface area contributed by atoms with Gasteiger partial charge in [-0.05, 0) is 25.0 Å². The molecule has 0 saturated heterocycles. The van der Waals surface area contributed by atoms with Crippen molar-refractivity contribution in [2.45, 2.75) is 84.1 Å². The van der Waals surface area contributed by atoms with E-state index in [4.69, 9.17) is 0 Å². The Balaban J connectivity index is 0.000000377. The number of carboxylic acids is 1. The van der Waals surface area contributed by atoms with E-state index >= 15 is 0 Å². The Morgan fingerprint density at radius 1 is 1.04 bits per heavy atom. The van der Waals surface area contributed by atoms with Gasteiger partial charge in [0.15, 0.2) is 0 Å². The number of carbonyl (C=O) groups excluding carboxylic acids is 1. The molecule has 0 aliphatic rings. The number of aromatic nitrogens is 2. The van der Waals surface area contributed by atoms with Gasteiger partial charge in [-0.2, -0.15) is 0 Å². The molecule has 0 saturated carbocycles. The third kappa shape index (κ3) is 12.1. The van der Waals surface area contributed by atoms with Gasteiger partial charge in [-0.3, -0.25) is 0 Å². The van der Waals surface area contributed by atoms with Crippen LogP contribution in [0.25, 0.3) is 0 Å². The highest BCUT2D eigenvalue weighted by Crippen LogP contribution is 2.11. The molecule has 0 aromatic carbocycles. The fraction of sp³-hybridized carbons (Fsp3) is 0.636. The zero-order valence-electron chi connectivity index (χ0n) is 17.1. The van der Waals surface area contributed by atoms with Crippen molar-refractivity contribution < 1.29 is 18.9 Å². The lowest BCUT2D eigenvalue weighted by molar-refractivity contribution is -0.671. The van der Waals surface area contributed by atoms with Crippen molar-refractivity contribution in [2.24, 2.45) is 7.05 Å². The Labute approximate surface area is 164 Å². The van der Waals surface area contributed by atoms with E-state index in [1.165, 1.54) is 95.6 Å². The molecule has 0 amide bonds. The van der Waals surface area contributed by atoms with E-state index in [-0.39, 0.29) is 5.76 Å². The predicted octanol–water partition coefficient (Wildman–Crippen LogP) is 4.27. The van der Waals surface area contributed by atoms with Crippen LogP contribution in [0.5, 0.6) is 0 Å². The first-order valence-electron chi connectivity index (χ1n) is 10.4. The van der Waals surface area contributed by atoms with Crippen LogP contribution in [0.4, 0.5) is 0 Å². The van der Waals surface area contributed by atoms with E-state index in [2.05, 4.69) is 46.2 Å². The first kappa shape index (κ1) is 23.0. The third-order valence-electron chi connectivity index (χ3n) is 4.57. The molecule has 0 radical (unpaired) electrons. The highest BCUT2D eigenvalue weighted by Gasteiger charge is 1.99. The van der Waals surface area contributed by atoms with Gasteiger partial charge in [0, 0.05) is 0 Å². The summed E-state index contributed by atoms with van der Waals surface area (Å²) in [5, 5.41) is 9.86. The van der Waals surface area contributed by atoms with E-state index in [9.17, 15) is 9.90 Å². The number of hydrogen-bond acceptors (Lipinski definition) is 3. The van der Waals surface area contributed by atoms with Crippen LogP contribution in [0.3, 0.4) is 0 Å².